The van der Waals surface area contributed by atoms with E-state index in [1.807, 2.05) is 0 Å². The van der Waals surface area contributed by atoms with Gasteiger partial charge in [-0.1, -0.05) is 12.1 Å². The molecule has 9 nitrogen and oxygen atoms in total. The van der Waals surface area contributed by atoms with Gasteiger partial charge in [-0.2, -0.15) is 0 Å². The number of aromatic hydroxyl groups is 1. The number of hydrogen-bond acceptors (Lipinski definition) is 6. The molecule has 1 atom stereocenters. The summed E-state index contributed by atoms with van der Waals surface area (Å²) in [5.74, 6) is -2.77. The van der Waals surface area contributed by atoms with Gasteiger partial charge in [0.05, 0.1) is 12.1 Å². The largest absolute Gasteiger partial charge is 0.508 e. The smallest absolute Gasteiger partial charge is 0.334 e. The third-order valence-corrected chi connectivity index (χ3v) is 3.79. The summed E-state index contributed by atoms with van der Waals surface area (Å²) in [5, 5.41) is 21.5. The van der Waals surface area contributed by atoms with Crippen LogP contribution in [0, 0.1) is 0 Å². The number of phenols is 1. The lowest BCUT2D eigenvalue weighted by Gasteiger charge is -2.30. The lowest BCUT2D eigenvalue weighted by Crippen LogP contribution is -2.50. The van der Waals surface area contributed by atoms with Crippen LogP contribution in [0.3, 0.4) is 0 Å². The Kier molecular flexibility index (Phi) is 4.56. The van der Waals surface area contributed by atoms with E-state index in [-0.39, 0.29) is 5.75 Å². The number of urea groups is 1. The van der Waals surface area contributed by atoms with E-state index < -0.39 is 42.4 Å². The maximum Gasteiger partial charge on any atom is 0.334 e. The molecule has 3 N–H and O–H groups in total. The van der Waals surface area contributed by atoms with Crippen LogP contribution in [0.25, 0.3) is 0 Å². The lowest BCUT2D eigenvalue weighted by atomic mass is 9.92. The van der Waals surface area contributed by atoms with Crippen LogP contribution in [0.5, 0.6) is 5.75 Å². The minimum atomic E-state index is -1.19. The Morgan fingerprint density at radius 1 is 1.17 bits per heavy atom. The highest BCUT2D eigenvalue weighted by Gasteiger charge is 2.43. The quantitative estimate of drug-likeness (QED) is 0.474. The molecule has 0 spiro atoms. The Bertz CT molecular complexity index is 702. The molecule has 0 aromatic heterocycles. The Balaban J connectivity index is 2.12. The zero-order chi connectivity index (χ0) is 18.1. The highest BCUT2D eigenvalue weighted by molar-refractivity contribution is 6.44. The van der Waals surface area contributed by atoms with Gasteiger partial charge in [-0.3, -0.25) is 19.3 Å². The third-order valence-electron chi connectivity index (χ3n) is 3.79. The van der Waals surface area contributed by atoms with Crippen LogP contribution in [0.2, 0.25) is 0 Å². The van der Waals surface area contributed by atoms with Gasteiger partial charge in [0.1, 0.15) is 12.3 Å². The predicted molar refractivity (Wildman–Crippen MR) is 80.6 cm³/mol. The van der Waals surface area contributed by atoms with Crippen LogP contribution < -0.4 is 5.32 Å². The highest BCUT2D eigenvalue weighted by Crippen LogP contribution is 2.22. The number of hydrogen-bond donors (Lipinski definition) is 3. The van der Waals surface area contributed by atoms with Crippen molar-refractivity contribution in [2.24, 2.45) is 0 Å². The number of carbonyl (C=O) groups excluding carboxylic acids is 4. The number of carbonyl (C=O) groups is 4. The van der Waals surface area contributed by atoms with Crippen LogP contribution in [-0.2, 0) is 19.9 Å². The molecule has 1 aliphatic rings. The molecule has 1 fully saturated rings. The maximum absolute atomic E-state index is 12.2. The van der Waals surface area contributed by atoms with Gasteiger partial charge in [-0.05, 0) is 24.6 Å². The summed E-state index contributed by atoms with van der Waals surface area (Å²) < 4.78 is 0. The summed E-state index contributed by atoms with van der Waals surface area (Å²) in [6.07, 6.45) is 0. The monoisotopic (exact) mass is 335 g/mol. The average molecular weight is 335 g/mol. The van der Waals surface area contributed by atoms with Gasteiger partial charge in [-0.25, -0.2) is 9.69 Å². The van der Waals surface area contributed by atoms with Gasteiger partial charge >= 0.3 is 17.8 Å². The zero-order valence-corrected chi connectivity index (χ0v) is 13.1. The molecule has 0 aliphatic carbocycles. The molecule has 1 unspecified atom stereocenters. The number of imide groups is 2. The van der Waals surface area contributed by atoms with Gasteiger partial charge in [0.15, 0.2) is 0 Å². The first kappa shape index (κ1) is 17.4. The third kappa shape index (κ3) is 3.06. The van der Waals surface area contributed by atoms with E-state index in [1.54, 1.807) is 6.92 Å². The fourth-order valence-corrected chi connectivity index (χ4v) is 2.28. The summed E-state index contributed by atoms with van der Waals surface area (Å²) in [5.41, 5.74) is -0.671. The van der Waals surface area contributed by atoms with Crippen molar-refractivity contribution < 1.29 is 29.4 Å². The molecule has 0 bridgehead atoms. The van der Waals surface area contributed by atoms with Gasteiger partial charge in [0.2, 0.25) is 5.91 Å². The number of aliphatic hydroxyl groups is 1. The van der Waals surface area contributed by atoms with Gasteiger partial charge in [-0.15, -0.1) is 0 Å². The van der Waals surface area contributed by atoms with Gasteiger partial charge in [0, 0.05) is 7.05 Å². The number of nitrogens with one attached hydrogen (secondary N) is 1. The van der Waals surface area contributed by atoms with Crippen molar-refractivity contribution in [2.75, 3.05) is 20.2 Å². The fraction of sp³-hybridized carbons (Fsp3) is 0.333. The average Bonchev–Trinajstić information content (AvgIpc) is 2.73. The number of benzene rings is 1. The minimum absolute atomic E-state index is 0.0279. The number of aliphatic hydroxyl groups excluding tert-OH is 1. The molecule has 1 aromatic rings. The number of phenolic OH excluding ortho intramolecular Hbond substituents is 1. The van der Waals surface area contributed by atoms with E-state index in [1.165, 1.54) is 24.3 Å². The molecule has 1 heterocycles. The Morgan fingerprint density at radius 2 is 1.75 bits per heavy atom. The molecule has 128 valence electrons. The second-order valence-corrected chi connectivity index (χ2v) is 5.62. The van der Waals surface area contributed by atoms with Crippen molar-refractivity contribution in [3.63, 3.8) is 0 Å². The van der Waals surface area contributed by atoms with Crippen LogP contribution in [0.4, 0.5) is 4.79 Å². The van der Waals surface area contributed by atoms with Crippen LogP contribution in [0.15, 0.2) is 24.3 Å². The summed E-state index contributed by atoms with van der Waals surface area (Å²) in [7, 11) is 1.15. The summed E-state index contributed by atoms with van der Waals surface area (Å²) >= 11 is 0. The first-order chi connectivity index (χ1) is 11.2. The molecule has 1 saturated heterocycles. The number of likely N-dealkylation sites (N-methyl/N-ethyl adjacent to an activating group) is 1. The number of rotatable bonds is 5. The first-order valence-corrected chi connectivity index (χ1v) is 7.04. The van der Waals surface area contributed by atoms with Crippen molar-refractivity contribution in [1.29, 1.82) is 0 Å². The first-order valence-electron chi connectivity index (χ1n) is 7.04. The Morgan fingerprint density at radius 3 is 2.21 bits per heavy atom. The van der Waals surface area contributed by atoms with E-state index in [9.17, 15) is 29.4 Å². The highest BCUT2D eigenvalue weighted by atomic mass is 16.3. The molecular weight excluding hydrogens is 318 g/mol. The molecule has 1 aliphatic heterocycles. The van der Waals surface area contributed by atoms with Crippen molar-refractivity contribution in [3.05, 3.63) is 29.8 Å². The number of amides is 5. The van der Waals surface area contributed by atoms with E-state index in [0.29, 0.717) is 15.4 Å². The van der Waals surface area contributed by atoms with Gasteiger partial charge < -0.3 is 15.5 Å². The Hall–Kier alpha value is -2.94. The topological polar surface area (TPSA) is 127 Å². The second-order valence-electron chi connectivity index (χ2n) is 5.62. The summed E-state index contributed by atoms with van der Waals surface area (Å²) in [6, 6.07) is 4.97. The van der Waals surface area contributed by atoms with E-state index >= 15 is 0 Å². The summed E-state index contributed by atoms with van der Waals surface area (Å²) in [6.45, 7) is 0.452. The Labute approximate surface area is 137 Å². The molecule has 24 heavy (non-hydrogen) atoms. The minimum Gasteiger partial charge on any atom is -0.508 e. The predicted octanol–water partition coefficient (Wildman–Crippen LogP) is -0.863. The second kappa shape index (κ2) is 6.28. The molecule has 2 rings (SSSR count). The normalized spacial score (nSPS) is 17.2. The molecule has 5 amide bonds. The van der Waals surface area contributed by atoms with Crippen LogP contribution in [-0.4, -0.2) is 64.0 Å². The van der Waals surface area contributed by atoms with Gasteiger partial charge in [0.25, 0.3) is 0 Å². The maximum atomic E-state index is 12.2. The van der Waals surface area contributed by atoms with Crippen molar-refractivity contribution in [2.45, 2.75) is 12.5 Å². The molecular formula is C15H17N3O6. The van der Waals surface area contributed by atoms with E-state index in [2.05, 4.69) is 5.32 Å². The van der Waals surface area contributed by atoms with Crippen molar-refractivity contribution in [1.82, 2.24) is 15.1 Å². The lowest BCUT2D eigenvalue weighted by molar-refractivity contribution is -0.143. The van der Waals surface area contributed by atoms with Crippen molar-refractivity contribution in [3.8, 4) is 5.75 Å². The van der Waals surface area contributed by atoms with E-state index in [4.69, 9.17) is 0 Å². The molecule has 0 saturated carbocycles. The van der Waals surface area contributed by atoms with Crippen LogP contribution >= 0.6 is 0 Å². The van der Waals surface area contributed by atoms with Crippen molar-refractivity contribution >= 4 is 23.8 Å². The zero-order valence-electron chi connectivity index (χ0n) is 13.1. The van der Waals surface area contributed by atoms with Crippen LogP contribution in [0.1, 0.15) is 12.5 Å². The fourth-order valence-electron chi connectivity index (χ4n) is 2.28. The summed E-state index contributed by atoms with van der Waals surface area (Å²) in [4.78, 5) is 48.2. The standard InChI is InChI=1S/C15H17N3O6/c1-15(8-19,9-3-5-10(20)6-4-9)16-11(21)7-18-13(23)12(22)17(2)14(18)24/h3-6,19-20H,7-8H2,1-2H3,(H,16,21). The molecule has 9 heteroatoms. The van der Waals surface area contributed by atoms with E-state index in [0.717, 1.165) is 7.05 Å². The molecule has 1 aromatic carbocycles. The number of nitrogens with zero attached hydrogens (tertiary/aromatic N) is 2. The SMILES string of the molecule is CN1C(=O)C(=O)N(CC(=O)NC(C)(CO)c2ccc(O)cc2)C1=O. The molecule has 0 radical (unpaired) electrons.